The third-order valence-corrected chi connectivity index (χ3v) is 4.31. The highest BCUT2D eigenvalue weighted by Crippen LogP contribution is 2.35. The Bertz CT molecular complexity index is 291. The van der Waals surface area contributed by atoms with Gasteiger partial charge in [0.2, 0.25) is 0 Å². The van der Waals surface area contributed by atoms with Crippen molar-refractivity contribution in [3.05, 3.63) is 21.3 Å². The van der Waals surface area contributed by atoms with Crippen molar-refractivity contribution in [3.63, 3.8) is 0 Å². The first kappa shape index (κ1) is 10.5. The topological polar surface area (TPSA) is 26.0 Å². The Morgan fingerprint density at radius 2 is 2.21 bits per heavy atom. The summed E-state index contributed by atoms with van der Waals surface area (Å²) < 4.78 is 0.871. The van der Waals surface area contributed by atoms with Crippen molar-refractivity contribution in [1.29, 1.82) is 0 Å². The lowest BCUT2D eigenvalue weighted by Gasteiger charge is -2.15. The smallest absolute Gasteiger partial charge is 0.0976 e. The van der Waals surface area contributed by atoms with Crippen LogP contribution in [0.1, 0.15) is 43.7 Å². The lowest BCUT2D eigenvalue weighted by Crippen LogP contribution is -2.13. The van der Waals surface area contributed by atoms with E-state index in [2.05, 4.69) is 6.07 Å². The van der Waals surface area contributed by atoms with Crippen LogP contribution in [0.2, 0.25) is 4.34 Å². The zero-order valence-electron chi connectivity index (χ0n) is 8.21. The quantitative estimate of drug-likeness (QED) is 0.834. The Hall–Kier alpha value is -0.0500. The Morgan fingerprint density at radius 1 is 1.50 bits per heavy atom. The van der Waals surface area contributed by atoms with Crippen molar-refractivity contribution in [2.45, 2.75) is 38.1 Å². The molecule has 1 aliphatic rings. The number of thiophene rings is 1. The molecule has 0 radical (unpaired) electrons. The molecule has 1 atom stereocenters. The van der Waals surface area contributed by atoms with Gasteiger partial charge < -0.3 is 5.73 Å². The first-order valence-corrected chi connectivity index (χ1v) is 6.51. The highest BCUT2D eigenvalue weighted by Gasteiger charge is 2.20. The average molecular weight is 230 g/mol. The maximum Gasteiger partial charge on any atom is 0.0976 e. The Labute approximate surface area is 94.3 Å². The monoisotopic (exact) mass is 229 g/mol. The van der Waals surface area contributed by atoms with Gasteiger partial charge in [0.05, 0.1) is 4.34 Å². The van der Waals surface area contributed by atoms with Gasteiger partial charge in [-0.1, -0.05) is 37.3 Å². The second-order valence-corrected chi connectivity index (χ2v) is 5.66. The third-order valence-electron chi connectivity index (χ3n) is 3.11. The van der Waals surface area contributed by atoms with E-state index < -0.39 is 0 Å². The van der Waals surface area contributed by atoms with Gasteiger partial charge in [0.15, 0.2) is 0 Å². The van der Waals surface area contributed by atoms with Crippen molar-refractivity contribution in [2.24, 2.45) is 11.7 Å². The van der Waals surface area contributed by atoms with E-state index in [1.54, 1.807) is 11.3 Å². The number of halogens is 1. The summed E-state index contributed by atoms with van der Waals surface area (Å²) in [4.78, 5) is 0. The highest BCUT2D eigenvalue weighted by molar-refractivity contribution is 7.14. The van der Waals surface area contributed by atoms with Crippen molar-refractivity contribution in [1.82, 2.24) is 0 Å². The molecule has 14 heavy (non-hydrogen) atoms. The van der Waals surface area contributed by atoms with Gasteiger partial charge in [0, 0.05) is 6.04 Å². The molecule has 1 unspecified atom stereocenters. The van der Waals surface area contributed by atoms with Gasteiger partial charge in [-0.25, -0.2) is 0 Å². The Kier molecular flexibility index (Phi) is 3.47. The molecule has 1 nitrogen and oxygen atoms in total. The zero-order chi connectivity index (χ0) is 9.97. The van der Waals surface area contributed by atoms with E-state index in [1.807, 2.05) is 5.38 Å². The van der Waals surface area contributed by atoms with Crippen molar-refractivity contribution in [2.75, 3.05) is 0 Å². The van der Waals surface area contributed by atoms with Gasteiger partial charge in [-0.3, -0.25) is 0 Å². The third kappa shape index (κ3) is 2.30. The minimum absolute atomic E-state index is 0.150. The van der Waals surface area contributed by atoms with Crippen molar-refractivity contribution in [3.8, 4) is 0 Å². The Morgan fingerprint density at radius 3 is 2.79 bits per heavy atom. The fraction of sp³-hybridized carbons (Fsp3) is 0.636. The van der Waals surface area contributed by atoms with E-state index in [1.165, 1.54) is 25.7 Å². The molecule has 1 saturated carbocycles. The number of hydrogen-bond donors (Lipinski definition) is 1. The van der Waals surface area contributed by atoms with Crippen molar-refractivity contribution >= 4 is 22.9 Å². The number of nitrogens with two attached hydrogens (primary N) is 1. The number of hydrogen-bond acceptors (Lipinski definition) is 2. The van der Waals surface area contributed by atoms with E-state index in [0.29, 0.717) is 0 Å². The van der Waals surface area contributed by atoms with Gasteiger partial charge in [0.1, 0.15) is 0 Å². The summed E-state index contributed by atoms with van der Waals surface area (Å²) >= 11 is 7.63. The zero-order valence-corrected chi connectivity index (χ0v) is 9.78. The molecule has 0 saturated heterocycles. The molecule has 1 aromatic rings. The molecule has 1 fully saturated rings. The van der Waals surface area contributed by atoms with E-state index in [9.17, 15) is 0 Å². The van der Waals surface area contributed by atoms with E-state index in [-0.39, 0.29) is 6.04 Å². The molecule has 0 aliphatic heterocycles. The fourth-order valence-electron chi connectivity index (χ4n) is 2.30. The van der Waals surface area contributed by atoms with Crippen LogP contribution >= 0.6 is 22.9 Å². The average Bonchev–Trinajstić information content (AvgIpc) is 2.75. The first-order chi connectivity index (χ1) is 6.77. The van der Waals surface area contributed by atoms with Gasteiger partial charge in [0.25, 0.3) is 0 Å². The molecule has 1 aliphatic carbocycles. The second-order valence-electron chi connectivity index (χ2n) is 4.14. The lowest BCUT2D eigenvalue weighted by atomic mass is 9.96. The van der Waals surface area contributed by atoms with Crippen LogP contribution < -0.4 is 5.73 Å². The molecular formula is C11H16ClNS. The summed E-state index contributed by atoms with van der Waals surface area (Å²) in [6, 6.07) is 2.21. The fourth-order valence-corrected chi connectivity index (χ4v) is 3.35. The molecule has 1 heterocycles. The predicted octanol–water partition coefficient (Wildman–Crippen LogP) is 3.98. The highest BCUT2D eigenvalue weighted by atomic mass is 35.5. The van der Waals surface area contributed by atoms with Crippen LogP contribution in [0.5, 0.6) is 0 Å². The predicted molar refractivity (Wildman–Crippen MR) is 62.8 cm³/mol. The molecule has 1 aromatic heterocycles. The molecule has 2 N–H and O–H groups in total. The van der Waals surface area contributed by atoms with Crippen LogP contribution in [0.15, 0.2) is 11.4 Å². The van der Waals surface area contributed by atoms with Gasteiger partial charge in [-0.2, -0.15) is 0 Å². The van der Waals surface area contributed by atoms with Gasteiger partial charge >= 0.3 is 0 Å². The maximum atomic E-state index is 6.14. The molecule has 0 spiro atoms. The van der Waals surface area contributed by atoms with Crippen LogP contribution in [0.3, 0.4) is 0 Å². The standard InChI is InChI=1S/C11H16ClNS/c12-11-9(5-6-14-11)10(13)7-8-3-1-2-4-8/h5-6,8,10H,1-4,7,13H2. The maximum absolute atomic E-state index is 6.14. The molecule has 0 bridgehead atoms. The molecule has 0 amide bonds. The minimum Gasteiger partial charge on any atom is -0.324 e. The summed E-state index contributed by atoms with van der Waals surface area (Å²) in [6.45, 7) is 0. The van der Waals surface area contributed by atoms with E-state index >= 15 is 0 Å². The Balaban J connectivity index is 1.95. The molecule has 3 heteroatoms. The van der Waals surface area contributed by atoms with Crippen molar-refractivity contribution < 1.29 is 0 Å². The molecule has 0 aromatic carbocycles. The van der Waals surface area contributed by atoms with Crippen LogP contribution in [0.4, 0.5) is 0 Å². The minimum atomic E-state index is 0.150. The van der Waals surface area contributed by atoms with E-state index in [4.69, 9.17) is 17.3 Å². The van der Waals surface area contributed by atoms with Crippen LogP contribution in [-0.2, 0) is 0 Å². The lowest BCUT2D eigenvalue weighted by molar-refractivity contribution is 0.451. The largest absolute Gasteiger partial charge is 0.324 e. The van der Waals surface area contributed by atoms with E-state index in [0.717, 1.165) is 22.2 Å². The van der Waals surface area contributed by atoms with Crippen LogP contribution in [0, 0.1) is 5.92 Å². The van der Waals surface area contributed by atoms with Gasteiger partial charge in [-0.15, -0.1) is 11.3 Å². The summed E-state index contributed by atoms with van der Waals surface area (Å²) in [5.41, 5.74) is 7.28. The molecule has 78 valence electrons. The summed E-state index contributed by atoms with van der Waals surface area (Å²) in [5.74, 6) is 0.834. The van der Waals surface area contributed by atoms with Crippen LogP contribution in [-0.4, -0.2) is 0 Å². The summed E-state index contributed by atoms with van der Waals surface area (Å²) in [7, 11) is 0. The second kappa shape index (κ2) is 4.65. The summed E-state index contributed by atoms with van der Waals surface area (Å²) in [6.07, 6.45) is 6.59. The molecular weight excluding hydrogens is 214 g/mol. The SMILES string of the molecule is NC(CC1CCCC1)c1ccsc1Cl. The normalized spacial score (nSPS) is 20.1. The first-order valence-electron chi connectivity index (χ1n) is 5.26. The molecule has 2 rings (SSSR count). The summed E-state index contributed by atoms with van der Waals surface area (Å²) in [5, 5.41) is 2.02. The van der Waals surface area contributed by atoms with Crippen LogP contribution in [0.25, 0.3) is 0 Å². The number of rotatable bonds is 3. The van der Waals surface area contributed by atoms with Gasteiger partial charge in [-0.05, 0) is 29.3 Å².